The van der Waals surface area contributed by atoms with Crippen LogP contribution < -0.4 is 5.32 Å². The number of amides is 1. The normalized spacial score (nSPS) is 14.1. The van der Waals surface area contributed by atoms with Gasteiger partial charge in [-0.1, -0.05) is 61.3 Å². The molecule has 2 nitrogen and oxygen atoms in total. The maximum absolute atomic E-state index is 12.3. The molecular weight excluding hydrogens is 270 g/mol. The van der Waals surface area contributed by atoms with Crippen molar-refractivity contribution in [1.29, 1.82) is 0 Å². The van der Waals surface area contributed by atoms with Crippen molar-refractivity contribution in [1.82, 2.24) is 0 Å². The van der Waals surface area contributed by atoms with Gasteiger partial charge in [-0.15, -0.1) is 0 Å². The second-order valence-electron chi connectivity index (χ2n) is 5.78. The van der Waals surface area contributed by atoms with Crippen LogP contribution in [-0.2, 0) is 4.79 Å². The van der Waals surface area contributed by atoms with Crippen LogP contribution in [0.15, 0.2) is 59.7 Å². The first-order valence-corrected chi connectivity index (χ1v) is 8.14. The number of unbranched alkanes of at least 4 members (excludes halogenated alkanes) is 2. The number of nitrogens with one attached hydrogen (secondary N) is 1. The Morgan fingerprint density at radius 2 is 1.86 bits per heavy atom. The largest absolute Gasteiger partial charge is 0.322 e. The monoisotopic (exact) mass is 295 g/mol. The molecule has 1 aromatic rings. The number of carbonyl (C=O) groups excluding carboxylic acids is 1. The van der Waals surface area contributed by atoms with Crippen LogP contribution in [0.4, 0.5) is 5.69 Å². The van der Waals surface area contributed by atoms with Gasteiger partial charge in [-0.3, -0.25) is 4.79 Å². The van der Waals surface area contributed by atoms with Gasteiger partial charge in [0.25, 0.3) is 5.91 Å². The number of hydrogen-bond donors (Lipinski definition) is 1. The summed E-state index contributed by atoms with van der Waals surface area (Å²) in [5.41, 5.74) is 4.10. The van der Waals surface area contributed by atoms with Crippen LogP contribution in [-0.4, -0.2) is 5.91 Å². The van der Waals surface area contributed by atoms with Gasteiger partial charge in [0.2, 0.25) is 0 Å². The fraction of sp³-hybridized carbons (Fsp3) is 0.350. The lowest BCUT2D eigenvalue weighted by Crippen LogP contribution is -2.13. The average Bonchev–Trinajstić information content (AvgIpc) is 2.76. The standard InChI is InChI=1S/C20H25NO/c1-3-4-5-7-17-8-6-9-18(13-12-17)20(22)21-19-14-10-16(2)11-15-19/h8-15H,3-7H2,1-2H3,(H,21,22). The zero-order chi connectivity index (χ0) is 15.8. The van der Waals surface area contributed by atoms with Crippen LogP contribution in [0.25, 0.3) is 0 Å². The quantitative estimate of drug-likeness (QED) is 0.706. The number of hydrogen-bond acceptors (Lipinski definition) is 1. The van der Waals surface area contributed by atoms with E-state index in [-0.39, 0.29) is 5.91 Å². The molecule has 0 aliphatic heterocycles. The summed E-state index contributed by atoms with van der Waals surface area (Å²) < 4.78 is 0. The first kappa shape index (κ1) is 16.3. The summed E-state index contributed by atoms with van der Waals surface area (Å²) in [4.78, 5) is 12.3. The van der Waals surface area contributed by atoms with E-state index in [0.717, 1.165) is 24.1 Å². The third-order valence-corrected chi connectivity index (χ3v) is 3.84. The zero-order valence-corrected chi connectivity index (χ0v) is 13.6. The third-order valence-electron chi connectivity index (χ3n) is 3.84. The van der Waals surface area contributed by atoms with Crippen molar-refractivity contribution < 1.29 is 4.79 Å². The predicted octanol–water partition coefficient (Wildman–Crippen LogP) is 5.33. The van der Waals surface area contributed by atoms with Gasteiger partial charge in [0.1, 0.15) is 0 Å². The smallest absolute Gasteiger partial charge is 0.255 e. The molecule has 0 saturated carbocycles. The van der Waals surface area contributed by atoms with Crippen LogP contribution in [0.5, 0.6) is 0 Å². The topological polar surface area (TPSA) is 29.1 Å². The Morgan fingerprint density at radius 3 is 2.59 bits per heavy atom. The highest BCUT2D eigenvalue weighted by atomic mass is 16.1. The molecule has 0 unspecified atom stereocenters. The summed E-state index contributed by atoms with van der Waals surface area (Å²) in [6, 6.07) is 7.87. The molecule has 0 heterocycles. The Balaban J connectivity index is 1.92. The summed E-state index contributed by atoms with van der Waals surface area (Å²) in [7, 11) is 0. The highest BCUT2D eigenvalue weighted by Crippen LogP contribution is 2.18. The van der Waals surface area contributed by atoms with Gasteiger partial charge in [0, 0.05) is 11.3 Å². The first-order chi connectivity index (χ1) is 10.7. The molecule has 0 spiro atoms. The molecule has 0 bridgehead atoms. The van der Waals surface area contributed by atoms with E-state index in [2.05, 4.69) is 24.4 Å². The molecule has 0 aromatic heterocycles. The molecule has 1 aliphatic rings. The molecule has 2 rings (SSSR count). The van der Waals surface area contributed by atoms with Crippen molar-refractivity contribution in [3.05, 3.63) is 65.3 Å². The van der Waals surface area contributed by atoms with Crippen LogP contribution in [0.1, 0.15) is 44.6 Å². The second-order valence-corrected chi connectivity index (χ2v) is 5.78. The van der Waals surface area contributed by atoms with E-state index in [1.807, 2.05) is 43.3 Å². The number of allylic oxidation sites excluding steroid dienone is 4. The molecule has 116 valence electrons. The van der Waals surface area contributed by atoms with Crippen molar-refractivity contribution >= 4 is 11.6 Å². The molecule has 1 amide bonds. The van der Waals surface area contributed by atoms with Gasteiger partial charge in [0.05, 0.1) is 0 Å². The number of aryl methyl sites for hydroxylation is 1. The van der Waals surface area contributed by atoms with Gasteiger partial charge >= 0.3 is 0 Å². The summed E-state index contributed by atoms with van der Waals surface area (Å²) >= 11 is 0. The van der Waals surface area contributed by atoms with Gasteiger partial charge in [-0.05, 0) is 44.4 Å². The highest BCUT2D eigenvalue weighted by molar-refractivity contribution is 6.05. The van der Waals surface area contributed by atoms with Gasteiger partial charge in [0.15, 0.2) is 0 Å². The summed E-state index contributed by atoms with van der Waals surface area (Å²) in [6.45, 7) is 4.25. The zero-order valence-electron chi connectivity index (χ0n) is 13.6. The molecule has 2 heteroatoms. The molecule has 22 heavy (non-hydrogen) atoms. The minimum Gasteiger partial charge on any atom is -0.322 e. The summed E-state index contributed by atoms with van der Waals surface area (Å²) in [6.07, 6.45) is 13.9. The van der Waals surface area contributed by atoms with Crippen molar-refractivity contribution in [2.45, 2.75) is 46.0 Å². The lowest BCUT2D eigenvalue weighted by Gasteiger charge is -2.06. The molecule has 0 radical (unpaired) electrons. The highest BCUT2D eigenvalue weighted by Gasteiger charge is 2.08. The number of rotatable bonds is 6. The molecule has 1 N–H and O–H groups in total. The Kier molecular flexibility index (Phi) is 6.20. The van der Waals surface area contributed by atoms with Crippen molar-refractivity contribution in [3.8, 4) is 0 Å². The van der Waals surface area contributed by atoms with E-state index in [4.69, 9.17) is 0 Å². The lowest BCUT2D eigenvalue weighted by molar-refractivity contribution is -0.112. The van der Waals surface area contributed by atoms with Gasteiger partial charge in [-0.25, -0.2) is 0 Å². The van der Waals surface area contributed by atoms with Crippen molar-refractivity contribution in [3.63, 3.8) is 0 Å². The SMILES string of the molecule is CCCCCC1=CCC=C(C(=O)Nc2ccc(C)cc2)C=C1. The average molecular weight is 295 g/mol. The summed E-state index contributed by atoms with van der Waals surface area (Å²) in [5.74, 6) is -0.0386. The van der Waals surface area contributed by atoms with Gasteiger partial charge in [-0.2, -0.15) is 0 Å². The van der Waals surface area contributed by atoms with E-state index in [1.165, 1.54) is 30.4 Å². The molecular formula is C20H25NO. The van der Waals surface area contributed by atoms with E-state index in [0.29, 0.717) is 0 Å². The van der Waals surface area contributed by atoms with Crippen LogP contribution in [0.3, 0.4) is 0 Å². The van der Waals surface area contributed by atoms with E-state index in [9.17, 15) is 4.79 Å². The summed E-state index contributed by atoms with van der Waals surface area (Å²) in [5, 5.41) is 2.95. The van der Waals surface area contributed by atoms with Crippen LogP contribution in [0, 0.1) is 6.92 Å². The lowest BCUT2D eigenvalue weighted by atomic mass is 10.1. The van der Waals surface area contributed by atoms with Crippen molar-refractivity contribution in [2.24, 2.45) is 0 Å². The van der Waals surface area contributed by atoms with Crippen LogP contribution in [0.2, 0.25) is 0 Å². The molecule has 0 fully saturated rings. The number of carbonyl (C=O) groups is 1. The van der Waals surface area contributed by atoms with Crippen LogP contribution >= 0.6 is 0 Å². The van der Waals surface area contributed by atoms with E-state index < -0.39 is 0 Å². The third kappa shape index (κ3) is 5.03. The molecule has 0 atom stereocenters. The fourth-order valence-electron chi connectivity index (χ4n) is 2.44. The molecule has 1 aliphatic carbocycles. The van der Waals surface area contributed by atoms with E-state index >= 15 is 0 Å². The van der Waals surface area contributed by atoms with E-state index in [1.54, 1.807) is 0 Å². The molecule has 0 saturated heterocycles. The maximum atomic E-state index is 12.3. The number of anilines is 1. The Hall–Kier alpha value is -2.09. The first-order valence-electron chi connectivity index (χ1n) is 8.14. The second kappa shape index (κ2) is 8.38. The fourth-order valence-corrected chi connectivity index (χ4v) is 2.44. The van der Waals surface area contributed by atoms with Gasteiger partial charge < -0.3 is 5.32 Å². The minimum atomic E-state index is -0.0386. The Labute approximate surface area is 133 Å². The predicted molar refractivity (Wildman–Crippen MR) is 93.9 cm³/mol. The Morgan fingerprint density at radius 1 is 1.09 bits per heavy atom. The van der Waals surface area contributed by atoms with Crippen molar-refractivity contribution in [2.75, 3.05) is 5.32 Å². The molecule has 1 aromatic carbocycles. The maximum Gasteiger partial charge on any atom is 0.255 e. The minimum absolute atomic E-state index is 0.0386. The Bertz CT molecular complexity index is 591. The number of benzene rings is 1.